The fraction of sp³-hybridized carbons (Fsp3) is 0.647. The van der Waals surface area contributed by atoms with Crippen molar-refractivity contribution < 1.29 is 22.4 Å². The third-order valence-electron chi connectivity index (χ3n) is 4.02. The van der Waals surface area contributed by atoms with Crippen molar-refractivity contribution >= 4 is 21.8 Å². The number of furan rings is 1. The highest BCUT2D eigenvalue weighted by Gasteiger charge is 2.29. The zero-order chi connectivity index (χ0) is 19.4. The van der Waals surface area contributed by atoms with Crippen LogP contribution in [0.5, 0.6) is 0 Å². The molecule has 1 fully saturated rings. The molecule has 0 saturated carbocycles. The summed E-state index contributed by atoms with van der Waals surface area (Å²) < 4.78 is 31.3. The SMILES string of the molecule is CC(C)(C)CC(=O)NCCS(=O)(=O)N1CCN(C(=O)c2ccco2)CC1. The molecule has 0 bridgehead atoms. The number of hydrogen-bond donors (Lipinski definition) is 1. The van der Waals surface area contributed by atoms with Gasteiger partial charge in [0.15, 0.2) is 5.76 Å². The molecular formula is C17H27N3O5S. The molecule has 26 heavy (non-hydrogen) atoms. The predicted octanol–water partition coefficient (Wildman–Crippen LogP) is 0.920. The maximum atomic E-state index is 12.4. The molecule has 0 aromatic carbocycles. The number of rotatable bonds is 6. The molecule has 1 saturated heterocycles. The van der Waals surface area contributed by atoms with Crippen molar-refractivity contribution in [3.05, 3.63) is 24.2 Å². The summed E-state index contributed by atoms with van der Waals surface area (Å²) in [6.07, 6.45) is 1.78. The Morgan fingerprint density at radius 1 is 1.19 bits per heavy atom. The Labute approximate surface area is 154 Å². The number of sulfonamides is 1. The van der Waals surface area contributed by atoms with Gasteiger partial charge in [-0.3, -0.25) is 9.59 Å². The van der Waals surface area contributed by atoms with Gasteiger partial charge in [0, 0.05) is 39.1 Å². The van der Waals surface area contributed by atoms with Crippen molar-refractivity contribution in [3.8, 4) is 0 Å². The van der Waals surface area contributed by atoms with Crippen molar-refractivity contribution in [1.29, 1.82) is 0 Å². The minimum absolute atomic E-state index is 0.0861. The van der Waals surface area contributed by atoms with Crippen LogP contribution in [-0.2, 0) is 14.8 Å². The summed E-state index contributed by atoms with van der Waals surface area (Å²) in [5.41, 5.74) is -0.139. The Morgan fingerprint density at radius 2 is 1.85 bits per heavy atom. The molecule has 0 atom stereocenters. The molecule has 9 heteroatoms. The number of nitrogens with zero attached hydrogens (tertiary/aromatic N) is 2. The Hall–Kier alpha value is -1.87. The van der Waals surface area contributed by atoms with Crippen LogP contribution in [0.25, 0.3) is 0 Å². The Balaban J connectivity index is 1.78. The molecule has 1 N–H and O–H groups in total. The lowest BCUT2D eigenvalue weighted by Crippen LogP contribution is -2.51. The van der Waals surface area contributed by atoms with Gasteiger partial charge in [0.2, 0.25) is 15.9 Å². The molecule has 0 unspecified atom stereocenters. The third kappa shape index (κ3) is 5.84. The van der Waals surface area contributed by atoms with E-state index in [2.05, 4.69) is 5.32 Å². The van der Waals surface area contributed by atoms with Crippen LogP contribution in [0.15, 0.2) is 22.8 Å². The molecule has 0 spiro atoms. The molecule has 0 aliphatic carbocycles. The van der Waals surface area contributed by atoms with E-state index < -0.39 is 10.0 Å². The highest BCUT2D eigenvalue weighted by molar-refractivity contribution is 7.89. The van der Waals surface area contributed by atoms with Crippen LogP contribution in [0, 0.1) is 5.41 Å². The van der Waals surface area contributed by atoms with Crippen molar-refractivity contribution in [2.45, 2.75) is 27.2 Å². The van der Waals surface area contributed by atoms with Crippen molar-refractivity contribution in [3.63, 3.8) is 0 Å². The highest BCUT2D eigenvalue weighted by Crippen LogP contribution is 2.17. The van der Waals surface area contributed by atoms with E-state index >= 15 is 0 Å². The van der Waals surface area contributed by atoms with Gasteiger partial charge in [0.1, 0.15) is 0 Å². The first-order valence-electron chi connectivity index (χ1n) is 8.66. The van der Waals surface area contributed by atoms with E-state index in [-0.39, 0.29) is 48.4 Å². The monoisotopic (exact) mass is 385 g/mol. The standard InChI is InChI=1S/C17H27N3O5S/c1-17(2,3)13-15(21)18-6-12-26(23,24)20-9-7-19(8-10-20)16(22)14-5-4-11-25-14/h4-5,11H,6-10,12-13H2,1-3H3,(H,18,21). The molecule has 0 radical (unpaired) electrons. The zero-order valence-corrected chi connectivity index (χ0v) is 16.3. The fourth-order valence-electron chi connectivity index (χ4n) is 2.72. The van der Waals surface area contributed by atoms with Crippen molar-refractivity contribution in [1.82, 2.24) is 14.5 Å². The number of amides is 2. The van der Waals surface area contributed by atoms with Gasteiger partial charge in [-0.2, -0.15) is 4.31 Å². The summed E-state index contributed by atoms with van der Waals surface area (Å²) in [6.45, 7) is 7.05. The zero-order valence-electron chi connectivity index (χ0n) is 15.5. The number of carbonyl (C=O) groups excluding carboxylic acids is 2. The Morgan fingerprint density at radius 3 is 2.38 bits per heavy atom. The number of piperazine rings is 1. The molecule has 1 aromatic rings. The molecule has 8 nitrogen and oxygen atoms in total. The van der Waals surface area contributed by atoms with Gasteiger partial charge >= 0.3 is 0 Å². The van der Waals surface area contributed by atoms with Crippen LogP contribution < -0.4 is 5.32 Å². The van der Waals surface area contributed by atoms with Gasteiger partial charge in [-0.25, -0.2) is 8.42 Å². The first-order chi connectivity index (χ1) is 12.1. The maximum absolute atomic E-state index is 12.4. The smallest absolute Gasteiger partial charge is 0.289 e. The summed E-state index contributed by atoms with van der Waals surface area (Å²) in [5.74, 6) is -0.277. The van der Waals surface area contributed by atoms with Gasteiger partial charge in [-0.1, -0.05) is 20.8 Å². The van der Waals surface area contributed by atoms with Crippen molar-refractivity contribution in [2.75, 3.05) is 38.5 Å². The molecule has 1 aromatic heterocycles. The van der Waals surface area contributed by atoms with Gasteiger partial charge < -0.3 is 14.6 Å². The van der Waals surface area contributed by atoms with Crippen LogP contribution in [0.3, 0.4) is 0 Å². The number of carbonyl (C=O) groups is 2. The van der Waals surface area contributed by atoms with Crippen molar-refractivity contribution in [2.24, 2.45) is 5.41 Å². The Kier molecular flexibility index (Phi) is 6.46. The lowest BCUT2D eigenvalue weighted by Gasteiger charge is -2.33. The summed E-state index contributed by atoms with van der Waals surface area (Å²) in [6, 6.07) is 3.23. The topological polar surface area (TPSA) is 99.9 Å². The first-order valence-corrected chi connectivity index (χ1v) is 10.3. The van der Waals surface area contributed by atoms with Crippen LogP contribution in [-0.4, -0.2) is 67.9 Å². The van der Waals surface area contributed by atoms with Gasteiger partial charge in [-0.05, 0) is 17.5 Å². The van der Waals surface area contributed by atoms with Gasteiger partial charge in [0.05, 0.1) is 12.0 Å². The normalized spacial score (nSPS) is 16.5. The Bertz CT molecular complexity index is 714. The van der Waals surface area contributed by atoms with E-state index in [1.807, 2.05) is 20.8 Å². The van der Waals surface area contributed by atoms with E-state index in [9.17, 15) is 18.0 Å². The summed E-state index contributed by atoms with van der Waals surface area (Å²) in [4.78, 5) is 25.6. The van der Waals surface area contributed by atoms with Crippen LogP contribution in [0.2, 0.25) is 0 Å². The van der Waals surface area contributed by atoms with Crippen LogP contribution in [0.1, 0.15) is 37.7 Å². The minimum atomic E-state index is -3.47. The molecule has 1 aliphatic heterocycles. The average molecular weight is 385 g/mol. The fourth-order valence-corrected chi connectivity index (χ4v) is 4.06. The van der Waals surface area contributed by atoms with Crippen LogP contribution in [0.4, 0.5) is 0 Å². The summed E-state index contributed by atoms with van der Waals surface area (Å²) in [7, 11) is -3.47. The van der Waals surface area contributed by atoms with E-state index in [1.165, 1.54) is 10.6 Å². The molecule has 1 aliphatic rings. The largest absolute Gasteiger partial charge is 0.459 e. The van der Waals surface area contributed by atoms with E-state index in [1.54, 1.807) is 17.0 Å². The van der Waals surface area contributed by atoms with E-state index in [0.717, 1.165) is 0 Å². The lowest BCUT2D eigenvalue weighted by atomic mass is 9.92. The second kappa shape index (κ2) is 8.22. The maximum Gasteiger partial charge on any atom is 0.289 e. The molecule has 2 amide bonds. The van der Waals surface area contributed by atoms with Crippen LogP contribution >= 0.6 is 0 Å². The van der Waals surface area contributed by atoms with E-state index in [4.69, 9.17) is 4.42 Å². The van der Waals surface area contributed by atoms with Gasteiger partial charge in [-0.15, -0.1) is 0 Å². The third-order valence-corrected chi connectivity index (χ3v) is 5.90. The molecule has 146 valence electrons. The number of hydrogen-bond acceptors (Lipinski definition) is 5. The number of nitrogens with one attached hydrogen (secondary N) is 1. The highest BCUT2D eigenvalue weighted by atomic mass is 32.2. The lowest BCUT2D eigenvalue weighted by molar-refractivity contribution is -0.122. The summed E-state index contributed by atoms with van der Waals surface area (Å²) in [5, 5.41) is 2.66. The average Bonchev–Trinajstić information content (AvgIpc) is 3.07. The minimum Gasteiger partial charge on any atom is -0.459 e. The predicted molar refractivity (Wildman–Crippen MR) is 97.1 cm³/mol. The van der Waals surface area contributed by atoms with E-state index in [0.29, 0.717) is 19.5 Å². The second-order valence-corrected chi connectivity index (χ2v) is 9.66. The molecular weight excluding hydrogens is 358 g/mol. The molecule has 2 rings (SSSR count). The quantitative estimate of drug-likeness (QED) is 0.785. The molecule has 2 heterocycles. The second-order valence-electron chi connectivity index (χ2n) is 7.57. The van der Waals surface area contributed by atoms with Gasteiger partial charge in [0.25, 0.3) is 5.91 Å². The first kappa shape index (κ1) is 20.4. The summed E-state index contributed by atoms with van der Waals surface area (Å²) >= 11 is 0.